The number of hydrogen-bond donors (Lipinski definition) is 2. The molecule has 0 saturated heterocycles. The number of anilines is 2. The maximum atomic E-state index is 12.4. The number of carbonyl (C=O) groups is 2. The number of rotatable bonds is 5. The van der Waals surface area contributed by atoms with Gasteiger partial charge in [-0.25, -0.2) is 4.98 Å². The molecule has 1 aromatic heterocycles. The number of benzene rings is 1. The molecule has 0 unspecified atom stereocenters. The summed E-state index contributed by atoms with van der Waals surface area (Å²) in [6, 6.07) is 11.1. The average molecular weight is 351 g/mol. The maximum absolute atomic E-state index is 12.4. The first-order chi connectivity index (χ1) is 12.6. The zero-order valence-electron chi connectivity index (χ0n) is 15.1. The molecule has 2 N–H and O–H groups in total. The van der Waals surface area contributed by atoms with E-state index in [1.807, 2.05) is 12.1 Å². The van der Waals surface area contributed by atoms with Crippen molar-refractivity contribution >= 4 is 23.2 Å². The maximum Gasteiger partial charge on any atom is 0.253 e. The molecule has 5 nitrogen and oxygen atoms in total. The van der Waals surface area contributed by atoms with E-state index in [0.717, 1.165) is 18.5 Å². The van der Waals surface area contributed by atoms with Crippen LogP contribution in [0, 0.1) is 0 Å². The molecule has 1 amide bonds. The molecular formula is C21H25N3O2. The fourth-order valence-electron chi connectivity index (χ4n) is 3.26. The lowest BCUT2D eigenvalue weighted by atomic mass is 10.1. The van der Waals surface area contributed by atoms with Crippen LogP contribution in [0.15, 0.2) is 42.6 Å². The first kappa shape index (κ1) is 18.1. The standard InChI is InChI=1S/C21H25N3O2/c1-15(25)16-7-6-10-19(13-16)23-20-12-11-17(14-22-20)21(26)24-18-8-4-2-3-5-9-18/h6-7,10-14,18H,2-5,8-9H2,1H3,(H,22,23)(H,24,26). The van der Waals surface area contributed by atoms with E-state index in [0.29, 0.717) is 16.9 Å². The van der Waals surface area contributed by atoms with Gasteiger partial charge in [0.1, 0.15) is 5.82 Å². The molecular weight excluding hydrogens is 326 g/mol. The second-order valence-electron chi connectivity index (χ2n) is 6.86. The summed E-state index contributed by atoms with van der Waals surface area (Å²) < 4.78 is 0. The van der Waals surface area contributed by atoms with Crippen LogP contribution >= 0.6 is 0 Å². The third kappa shape index (κ3) is 4.91. The van der Waals surface area contributed by atoms with Gasteiger partial charge >= 0.3 is 0 Å². The first-order valence-electron chi connectivity index (χ1n) is 9.27. The molecule has 0 radical (unpaired) electrons. The van der Waals surface area contributed by atoms with Crippen LogP contribution in [0.4, 0.5) is 11.5 Å². The van der Waals surface area contributed by atoms with Gasteiger partial charge in [0.25, 0.3) is 5.91 Å². The Balaban J connectivity index is 1.61. The number of hydrogen-bond acceptors (Lipinski definition) is 4. The Bertz CT molecular complexity index is 763. The van der Waals surface area contributed by atoms with Crippen molar-refractivity contribution in [2.75, 3.05) is 5.32 Å². The fraction of sp³-hybridized carbons (Fsp3) is 0.381. The highest BCUT2D eigenvalue weighted by atomic mass is 16.1. The van der Waals surface area contributed by atoms with Crippen molar-refractivity contribution < 1.29 is 9.59 Å². The van der Waals surface area contributed by atoms with Gasteiger partial charge in [-0.1, -0.05) is 37.8 Å². The van der Waals surface area contributed by atoms with Crippen molar-refractivity contribution in [3.05, 3.63) is 53.7 Å². The van der Waals surface area contributed by atoms with Crippen LogP contribution < -0.4 is 10.6 Å². The largest absolute Gasteiger partial charge is 0.349 e. The van der Waals surface area contributed by atoms with Crippen molar-refractivity contribution in [3.63, 3.8) is 0 Å². The zero-order chi connectivity index (χ0) is 18.4. The summed E-state index contributed by atoms with van der Waals surface area (Å²) in [7, 11) is 0. The molecule has 3 rings (SSSR count). The third-order valence-corrected chi connectivity index (χ3v) is 4.76. The van der Waals surface area contributed by atoms with Crippen LogP contribution in [-0.2, 0) is 0 Å². The van der Waals surface area contributed by atoms with Gasteiger partial charge in [-0.3, -0.25) is 9.59 Å². The number of nitrogens with one attached hydrogen (secondary N) is 2. The highest BCUT2D eigenvalue weighted by Gasteiger charge is 2.16. The van der Waals surface area contributed by atoms with Gasteiger partial charge < -0.3 is 10.6 Å². The highest BCUT2D eigenvalue weighted by molar-refractivity contribution is 5.95. The zero-order valence-corrected chi connectivity index (χ0v) is 15.1. The van der Waals surface area contributed by atoms with Crippen LogP contribution in [-0.4, -0.2) is 22.7 Å². The van der Waals surface area contributed by atoms with E-state index in [9.17, 15) is 9.59 Å². The summed E-state index contributed by atoms with van der Waals surface area (Å²) in [5.41, 5.74) is 2.01. The minimum absolute atomic E-state index is 0.0205. The molecule has 0 bridgehead atoms. The highest BCUT2D eigenvalue weighted by Crippen LogP contribution is 2.19. The number of ketones is 1. The monoisotopic (exact) mass is 351 g/mol. The number of nitrogens with zero attached hydrogens (tertiary/aromatic N) is 1. The lowest BCUT2D eigenvalue weighted by Crippen LogP contribution is -2.34. The minimum atomic E-state index is -0.0606. The van der Waals surface area contributed by atoms with Crippen molar-refractivity contribution in [1.29, 1.82) is 0 Å². The molecule has 2 aromatic rings. The quantitative estimate of drug-likeness (QED) is 0.615. The molecule has 5 heteroatoms. The van der Waals surface area contributed by atoms with Gasteiger partial charge in [0.15, 0.2) is 5.78 Å². The van der Waals surface area contributed by atoms with Crippen molar-refractivity contribution in [1.82, 2.24) is 10.3 Å². The Morgan fingerprint density at radius 1 is 1.00 bits per heavy atom. The third-order valence-electron chi connectivity index (χ3n) is 4.76. The fourth-order valence-corrected chi connectivity index (χ4v) is 3.26. The summed E-state index contributed by atoms with van der Waals surface area (Å²) in [4.78, 5) is 28.2. The number of pyridine rings is 1. The molecule has 26 heavy (non-hydrogen) atoms. The second-order valence-corrected chi connectivity index (χ2v) is 6.86. The van der Waals surface area contributed by atoms with Crippen LogP contribution in [0.3, 0.4) is 0 Å². The number of amides is 1. The van der Waals surface area contributed by atoms with Crippen LogP contribution in [0.5, 0.6) is 0 Å². The van der Waals surface area contributed by atoms with E-state index >= 15 is 0 Å². The van der Waals surface area contributed by atoms with Crippen LogP contribution in [0.25, 0.3) is 0 Å². The van der Waals surface area contributed by atoms with Gasteiger partial charge in [-0.05, 0) is 44.0 Å². The van der Waals surface area contributed by atoms with Gasteiger partial charge in [0.2, 0.25) is 0 Å². The van der Waals surface area contributed by atoms with E-state index in [1.54, 1.807) is 37.4 Å². The number of Topliss-reactive ketones (excluding diaryl/α,β-unsaturated/α-hetero) is 1. The Labute approximate surface area is 154 Å². The lowest BCUT2D eigenvalue weighted by molar-refractivity contribution is 0.0932. The molecule has 1 fully saturated rings. The minimum Gasteiger partial charge on any atom is -0.349 e. The van der Waals surface area contributed by atoms with Gasteiger partial charge in [-0.2, -0.15) is 0 Å². The van der Waals surface area contributed by atoms with E-state index in [4.69, 9.17) is 0 Å². The van der Waals surface area contributed by atoms with Crippen molar-refractivity contribution in [2.45, 2.75) is 51.5 Å². The molecule has 0 atom stereocenters. The Hall–Kier alpha value is -2.69. The van der Waals surface area contributed by atoms with Gasteiger partial charge in [0, 0.05) is 23.5 Å². The topological polar surface area (TPSA) is 71.1 Å². The Morgan fingerprint density at radius 3 is 2.42 bits per heavy atom. The van der Waals surface area contributed by atoms with Crippen LogP contribution in [0.1, 0.15) is 66.2 Å². The SMILES string of the molecule is CC(=O)c1cccc(Nc2ccc(C(=O)NC3CCCCCC3)cn2)c1. The van der Waals surface area contributed by atoms with E-state index in [-0.39, 0.29) is 17.7 Å². The summed E-state index contributed by atoms with van der Waals surface area (Å²) in [5, 5.41) is 6.29. The normalized spacial score (nSPS) is 15.1. The van der Waals surface area contributed by atoms with E-state index < -0.39 is 0 Å². The summed E-state index contributed by atoms with van der Waals surface area (Å²) in [6.45, 7) is 1.54. The summed E-state index contributed by atoms with van der Waals surface area (Å²) in [6.07, 6.45) is 8.61. The predicted molar refractivity (Wildman–Crippen MR) is 103 cm³/mol. The molecule has 1 aromatic carbocycles. The van der Waals surface area contributed by atoms with Crippen LogP contribution in [0.2, 0.25) is 0 Å². The molecule has 136 valence electrons. The molecule has 1 aliphatic carbocycles. The Kier molecular flexibility index (Phi) is 6.00. The van der Waals surface area contributed by atoms with Crippen molar-refractivity contribution in [3.8, 4) is 0 Å². The van der Waals surface area contributed by atoms with E-state index in [1.165, 1.54) is 25.7 Å². The molecule has 0 spiro atoms. The average Bonchev–Trinajstić information content (AvgIpc) is 2.91. The van der Waals surface area contributed by atoms with Gasteiger partial charge in [-0.15, -0.1) is 0 Å². The molecule has 1 aliphatic rings. The lowest BCUT2D eigenvalue weighted by Gasteiger charge is -2.16. The molecule has 1 saturated carbocycles. The molecule has 0 aliphatic heterocycles. The van der Waals surface area contributed by atoms with E-state index in [2.05, 4.69) is 15.6 Å². The predicted octanol–water partition coefficient (Wildman–Crippen LogP) is 4.48. The first-order valence-corrected chi connectivity index (χ1v) is 9.27. The summed E-state index contributed by atoms with van der Waals surface area (Å²) in [5.74, 6) is 0.596. The summed E-state index contributed by atoms with van der Waals surface area (Å²) >= 11 is 0. The van der Waals surface area contributed by atoms with Gasteiger partial charge in [0.05, 0.1) is 5.56 Å². The number of aromatic nitrogens is 1. The Morgan fingerprint density at radius 2 is 1.77 bits per heavy atom. The van der Waals surface area contributed by atoms with Crippen molar-refractivity contribution in [2.24, 2.45) is 0 Å². The number of carbonyl (C=O) groups excluding carboxylic acids is 2. The molecule has 1 heterocycles. The smallest absolute Gasteiger partial charge is 0.253 e. The second kappa shape index (κ2) is 8.61.